The number of aryl methyl sites for hydroxylation is 1. The second-order valence-electron chi connectivity index (χ2n) is 4.45. The van der Waals surface area contributed by atoms with Crippen LogP contribution in [0.3, 0.4) is 0 Å². The lowest BCUT2D eigenvalue weighted by molar-refractivity contribution is -0.120. The van der Waals surface area contributed by atoms with Crippen LogP contribution in [0.2, 0.25) is 0 Å². The number of hydrogen-bond donors (Lipinski definition) is 1. The number of rotatable bonds is 5. The molecule has 0 aliphatic carbocycles. The molecule has 2 aromatic rings. The van der Waals surface area contributed by atoms with Crippen molar-refractivity contribution in [3.05, 3.63) is 59.9 Å². The molecule has 18 heavy (non-hydrogen) atoms. The van der Waals surface area contributed by atoms with Gasteiger partial charge in [-0.2, -0.15) is 0 Å². The number of nitrogens with one attached hydrogen (secondary N) is 1. The average Bonchev–Trinajstić information content (AvgIpc) is 2.76. The molecule has 0 spiro atoms. The third kappa shape index (κ3) is 3.77. The van der Waals surface area contributed by atoms with E-state index in [1.165, 1.54) is 5.56 Å². The molecule has 1 aromatic carbocycles. The van der Waals surface area contributed by atoms with E-state index in [9.17, 15) is 4.79 Å². The van der Waals surface area contributed by atoms with E-state index < -0.39 is 0 Å². The monoisotopic (exact) mass is 242 g/mol. The van der Waals surface area contributed by atoms with Crippen LogP contribution in [0, 0.1) is 0 Å². The van der Waals surface area contributed by atoms with Crippen molar-refractivity contribution in [1.29, 1.82) is 0 Å². The van der Waals surface area contributed by atoms with E-state index in [1.807, 2.05) is 48.1 Å². The Morgan fingerprint density at radius 1 is 1.17 bits per heavy atom. The van der Waals surface area contributed by atoms with Crippen molar-refractivity contribution in [2.45, 2.75) is 12.8 Å². The maximum atomic E-state index is 11.7. The smallest absolute Gasteiger partial charge is 0.224 e. The van der Waals surface area contributed by atoms with Gasteiger partial charge in [0.1, 0.15) is 0 Å². The average molecular weight is 242 g/mol. The zero-order valence-corrected chi connectivity index (χ0v) is 10.6. The van der Waals surface area contributed by atoms with E-state index in [4.69, 9.17) is 0 Å². The molecule has 1 amide bonds. The molecular weight excluding hydrogens is 224 g/mol. The molecule has 0 aliphatic heterocycles. The van der Waals surface area contributed by atoms with Crippen LogP contribution in [-0.4, -0.2) is 17.0 Å². The normalized spacial score (nSPS) is 10.3. The Balaban J connectivity index is 1.72. The molecule has 3 nitrogen and oxygen atoms in total. The fourth-order valence-electron chi connectivity index (χ4n) is 1.90. The van der Waals surface area contributed by atoms with Crippen molar-refractivity contribution < 1.29 is 4.79 Å². The van der Waals surface area contributed by atoms with Crippen molar-refractivity contribution >= 4 is 5.91 Å². The first-order valence-corrected chi connectivity index (χ1v) is 6.15. The molecule has 0 radical (unpaired) electrons. The molecule has 94 valence electrons. The Labute approximate surface area is 107 Å². The molecule has 2 rings (SSSR count). The third-order valence-electron chi connectivity index (χ3n) is 2.84. The molecular formula is C15H18N2O. The first-order valence-electron chi connectivity index (χ1n) is 6.15. The number of aromatic nitrogens is 1. The van der Waals surface area contributed by atoms with Gasteiger partial charge in [0.25, 0.3) is 0 Å². The summed E-state index contributed by atoms with van der Waals surface area (Å²) in [6, 6.07) is 11.9. The Hall–Kier alpha value is -2.03. The lowest BCUT2D eigenvalue weighted by Gasteiger charge is -2.04. The Bertz CT molecular complexity index is 502. The topological polar surface area (TPSA) is 34.0 Å². The minimum atomic E-state index is 0.0807. The predicted molar refractivity (Wildman–Crippen MR) is 72.3 cm³/mol. The third-order valence-corrected chi connectivity index (χ3v) is 2.84. The highest BCUT2D eigenvalue weighted by molar-refractivity contribution is 5.78. The molecule has 0 bridgehead atoms. The van der Waals surface area contributed by atoms with Crippen LogP contribution in [0.1, 0.15) is 11.1 Å². The number of benzene rings is 1. The van der Waals surface area contributed by atoms with Crippen molar-refractivity contribution in [2.24, 2.45) is 7.05 Å². The van der Waals surface area contributed by atoms with Crippen LogP contribution in [0.15, 0.2) is 48.8 Å². The summed E-state index contributed by atoms with van der Waals surface area (Å²) in [6.07, 6.45) is 5.42. The lowest BCUT2D eigenvalue weighted by atomic mass is 10.1. The van der Waals surface area contributed by atoms with E-state index in [2.05, 4.69) is 17.6 Å². The zero-order valence-electron chi connectivity index (χ0n) is 10.6. The van der Waals surface area contributed by atoms with Crippen molar-refractivity contribution in [2.75, 3.05) is 6.54 Å². The largest absolute Gasteiger partial charge is 0.357 e. The number of hydrogen-bond acceptors (Lipinski definition) is 1. The highest BCUT2D eigenvalue weighted by Crippen LogP contribution is 2.01. The molecule has 0 atom stereocenters. The summed E-state index contributed by atoms with van der Waals surface area (Å²) < 4.78 is 2.02. The minimum absolute atomic E-state index is 0.0807. The summed E-state index contributed by atoms with van der Waals surface area (Å²) in [5, 5.41) is 2.94. The van der Waals surface area contributed by atoms with E-state index in [0.29, 0.717) is 13.0 Å². The zero-order chi connectivity index (χ0) is 12.8. The number of carbonyl (C=O) groups is 1. The van der Waals surface area contributed by atoms with Crippen molar-refractivity contribution in [3.63, 3.8) is 0 Å². The number of nitrogens with zero attached hydrogens (tertiary/aromatic N) is 1. The van der Waals surface area contributed by atoms with Gasteiger partial charge >= 0.3 is 0 Å². The first-order chi connectivity index (χ1) is 8.74. The maximum absolute atomic E-state index is 11.7. The lowest BCUT2D eigenvalue weighted by Crippen LogP contribution is -2.27. The summed E-state index contributed by atoms with van der Waals surface area (Å²) in [4.78, 5) is 11.7. The first kappa shape index (κ1) is 12.4. The van der Waals surface area contributed by atoms with E-state index in [0.717, 1.165) is 12.0 Å². The number of amides is 1. The fraction of sp³-hybridized carbons (Fsp3) is 0.267. The molecule has 0 saturated heterocycles. The molecule has 0 fully saturated rings. The van der Waals surface area contributed by atoms with Gasteiger partial charge < -0.3 is 9.88 Å². The fourth-order valence-corrected chi connectivity index (χ4v) is 1.90. The Morgan fingerprint density at radius 3 is 2.61 bits per heavy atom. The predicted octanol–water partition coefficient (Wildman–Crippen LogP) is 1.93. The Morgan fingerprint density at radius 2 is 1.94 bits per heavy atom. The summed E-state index contributed by atoms with van der Waals surface area (Å²) in [5.41, 5.74) is 2.30. The molecule has 1 N–H and O–H groups in total. The Kier molecular flexibility index (Phi) is 4.18. The number of carbonyl (C=O) groups excluding carboxylic acids is 1. The van der Waals surface area contributed by atoms with Crippen LogP contribution in [0.5, 0.6) is 0 Å². The summed E-state index contributed by atoms with van der Waals surface area (Å²) in [5.74, 6) is 0.0807. The van der Waals surface area contributed by atoms with Gasteiger partial charge in [-0.3, -0.25) is 4.79 Å². The second-order valence-corrected chi connectivity index (χ2v) is 4.45. The standard InChI is InChI=1S/C15H18N2O/c1-17-10-8-14(12-17)7-9-16-15(18)11-13-5-3-2-4-6-13/h2-6,8,10,12H,7,9,11H2,1H3,(H,16,18). The van der Waals surface area contributed by atoms with Crippen molar-refractivity contribution in [1.82, 2.24) is 9.88 Å². The summed E-state index contributed by atoms with van der Waals surface area (Å²) >= 11 is 0. The molecule has 0 saturated carbocycles. The van der Waals surface area contributed by atoms with Gasteiger partial charge in [-0.25, -0.2) is 0 Å². The van der Waals surface area contributed by atoms with E-state index >= 15 is 0 Å². The SMILES string of the molecule is Cn1ccc(CCNC(=O)Cc2ccccc2)c1. The minimum Gasteiger partial charge on any atom is -0.357 e. The van der Waals surface area contributed by atoms with Gasteiger partial charge in [0.2, 0.25) is 5.91 Å². The van der Waals surface area contributed by atoms with Gasteiger partial charge in [-0.1, -0.05) is 30.3 Å². The quantitative estimate of drug-likeness (QED) is 0.854. The highest BCUT2D eigenvalue weighted by Gasteiger charge is 2.02. The molecule has 1 aromatic heterocycles. The molecule has 0 aliphatic rings. The van der Waals surface area contributed by atoms with Crippen LogP contribution < -0.4 is 5.32 Å². The second kappa shape index (κ2) is 6.05. The van der Waals surface area contributed by atoms with Crippen molar-refractivity contribution in [3.8, 4) is 0 Å². The van der Waals surface area contributed by atoms with Gasteiger partial charge in [-0.05, 0) is 23.6 Å². The van der Waals surface area contributed by atoms with Crippen LogP contribution in [-0.2, 0) is 24.7 Å². The van der Waals surface area contributed by atoms with Gasteiger partial charge in [0.15, 0.2) is 0 Å². The summed E-state index contributed by atoms with van der Waals surface area (Å²) in [6.45, 7) is 0.690. The summed E-state index contributed by atoms with van der Waals surface area (Å²) in [7, 11) is 2.00. The van der Waals surface area contributed by atoms with Crippen LogP contribution in [0.25, 0.3) is 0 Å². The van der Waals surface area contributed by atoms with Crippen LogP contribution >= 0.6 is 0 Å². The maximum Gasteiger partial charge on any atom is 0.224 e. The van der Waals surface area contributed by atoms with Gasteiger partial charge in [0, 0.05) is 26.0 Å². The van der Waals surface area contributed by atoms with Crippen LogP contribution in [0.4, 0.5) is 0 Å². The highest BCUT2D eigenvalue weighted by atomic mass is 16.1. The van der Waals surface area contributed by atoms with E-state index in [1.54, 1.807) is 0 Å². The van der Waals surface area contributed by atoms with E-state index in [-0.39, 0.29) is 5.91 Å². The molecule has 1 heterocycles. The van der Waals surface area contributed by atoms with Gasteiger partial charge in [-0.15, -0.1) is 0 Å². The van der Waals surface area contributed by atoms with Gasteiger partial charge in [0.05, 0.1) is 6.42 Å². The molecule has 0 unspecified atom stereocenters. The molecule has 3 heteroatoms.